The highest BCUT2D eigenvalue weighted by atomic mass is 35.5. The fraction of sp³-hybridized carbons (Fsp3) is 0.364. The second-order valence-electron chi connectivity index (χ2n) is 3.62. The molecule has 0 radical (unpaired) electrons. The number of hydrogen-bond acceptors (Lipinski definition) is 2. The summed E-state index contributed by atoms with van der Waals surface area (Å²) in [7, 11) is -1.17. The molecule has 0 aromatic heterocycles. The summed E-state index contributed by atoms with van der Waals surface area (Å²) in [5, 5.41) is 9.28. The van der Waals surface area contributed by atoms with Gasteiger partial charge < -0.3 is 5.11 Å². The molecule has 0 heterocycles. The largest absolute Gasteiger partial charge is 0.481 e. The first-order chi connectivity index (χ1) is 7.49. The molecule has 2 atom stereocenters. The zero-order valence-corrected chi connectivity index (χ0v) is 10.4. The lowest BCUT2D eigenvalue weighted by Gasteiger charge is -2.06. The minimum Gasteiger partial charge on any atom is -0.481 e. The van der Waals surface area contributed by atoms with Crippen LogP contribution in [-0.4, -0.2) is 21.0 Å². The first-order valence-corrected chi connectivity index (χ1v) is 6.68. The minimum atomic E-state index is -1.17. The van der Waals surface area contributed by atoms with Gasteiger partial charge in [-0.2, -0.15) is 0 Å². The van der Waals surface area contributed by atoms with Crippen molar-refractivity contribution in [2.24, 2.45) is 5.92 Å². The van der Waals surface area contributed by atoms with Gasteiger partial charge in [-0.25, -0.2) is 0 Å². The summed E-state index contributed by atoms with van der Waals surface area (Å²) in [5.41, 5.74) is 0.864. The highest BCUT2D eigenvalue weighted by molar-refractivity contribution is 7.84. The number of carboxylic acid groups (broad SMARTS) is 1. The fourth-order valence-corrected chi connectivity index (χ4v) is 2.80. The molecule has 0 fully saturated rings. The van der Waals surface area contributed by atoms with Crippen LogP contribution >= 0.6 is 11.6 Å². The number of hydrogen-bond donors (Lipinski definition) is 1. The average Bonchev–Trinajstić information content (AvgIpc) is 2.16. The smallest absolute Gasteiger partial charge is 0.307 e. The van der Waals surface area contributed by atoms with Crippen molar-refractivity contribution in [3.05, 3.63) is 34.9 Å². The van der Waals surface area contributed by atoms with Crippen molar-refractivity contribution >= 4 is 28.4 Å². The first-order valence-electron chi connectivity index (χ1n) is 4.81. The van der Waals surface area contributed by atoms with Gasteiger partial charge in [0.05, 0.1) is 5.92 Å². The van der Waals surface area contributed by atoms with Crippen molar-refractivity contribution in [2.75, 3.05) is 5.75 Å². The van der Waals surface area contributed by atoms with E-state index in [0.29, 0.717) is 10.8 Å². The number of aliphatic carboxylic acids is 1. The Hall–Kier alpha value is -0.870. The number of halogens is 1. The van der Waals surface area contributed by atoms with Crippen LogP contribution in [0.5, 0.6) is 0 Å². The monoisotopic (exact) mass is 260 g/mol. The summed E-state index contributed by atoms with van der Waals surface area (Å²) >= 11 is 5.79. The van der Waals surface area contributed by atoms with Crippen molar-refractivity contribution in [1.29, 1.82) is 0 Å². The van der Waals surface area contributed by atoms with Crippen molar-refractivity contribution in [3.8, 4) is 0 Å². The van der Waals surface area contributed by atoms with E-state index in [1.54, 1.807) is 25.1 Å². The van der Waals surface area contributed by atoms with Gasteiger partial charge in [0.25, 0.3) is 0 Å². The lowest BCUT2D eigenvalue weighted by molar-refractivity contribution is -0.140. The van der Waals surface area contributed by atoms with Crippen LogP contribution < -0.4 is 0 Å². The molecule has 88 valence electrons. The highest BCUT2D eigenvalue weighted by Gasteiger charge is 2.14. The van der Waals surface area contributed by atoms with E-state index in [9.17, 15) is 9.00 Å². The molecule has 0 saturated carbocycles. The molecular formula is C11H13ClO3S. The quantitative estimate of drug-likeness (QED) is 0.884. The summed E-state index contributed by atoms with van der Waals surface area (Å²) < 4.78 is 11.6. The molecular weight excluding hydrogens is 248 g/mol. The molecule has 0 spiro atoms. The highest BCUT2D eigenvalue weighted by Crippen LogP contribution is 2.13. The number of carboxylic acids is 1. The van der Waals surface area contributed by atoms with Crippen LogP contribution in [0.25, 0.3) is 0 Å². The van der Waals surface area contributed by atoms with Gasteiger partial charge in [0.15, 0.2) is 0 Å². The average molecular weight is 261 g/mol. The van der Waals surface area contributed by atoms with Gasteiger partial charge in [0, 0.05) is 27.3 Å². The summed E-state index contributed by atoms with van der Waals surface area (Å²) in [6.45, 7) is 1.55. The van der Waals surface area contributed by atoms with Gasteiger partial charge in [-0.15, -0.1) is 0 Å². The summed E-state index contributed by atoms with van der Waals surface area (Å²) in [6, 6.07) is 7.10. The molecule has 16 heavy (non-hydrogen) atoms. The van der Waals surface area contributed by atoms with Gasteiger partial charge in [-0.3, -0.25) is 9.00 Å². The van der Waals surface area contributed by atoms with Crippen LogP contribution in [0.4, 0.5) is 0 Å². The zero-order chi connectivity index (χ0) is 12.1. The van der Waals surface area contributed by atoms with E-state index in [4.69, 9.17) is 16.7 Å². The zero-order valence-electron chi connectivity index (χ0n) is 8.85. The van der Waals surface area contributed by atoms with Crippen LogP contribution in [-0.2, 0) is 21.3 Å². The summed E-state index contributed by atoms with van der Waals surface area (Å²) in [4.78, 5) is 10.6. The van der Waals surface area contributed by atoms with E-state index >= 15 is 0 Å². The standard InChI is InChI=1S/C11H13ClO3S/c1-8(11(13)14)6-16(15)7-9-3-2-4-10(12)5-9/h2-5,8H,6-7H2,1H3,(H,13,14). The maximum Gasteiger partial charge on any atom is 0.307 e. The molecule has 1 rings (SSSR count). The molecule has 0 aliphatic heterocycles. The second-order valence-corrected chi connectivity index (χ2v) is 5.56. The Balaban J connectivity index is 2.55. The summed E-state index contributed by atoms with van der Waals surface area (Å²) in [5.74, 6) is -0.987. The normalized spacial score (nSPS) is 14.4. The van der Waals surface area contributed by atoms with Crippen LogP contribution in [0.2, 0.25) is 5.02 Å². The van der Waals surface area contributed by atoms with Gasteiger partial charge in [0.1, 0.15) is 0 Å². The third kappa shape index (κ3) is 4.33. The number of carbonyl (C=O) groups is 1. The van der Waals surface area contributed by atoms with E-state index < -0.39 is 22.7 Å². The van der Waals surface area contributed by atoms with E-state index in [0.717, 1.165) is 5.56 Å². The third-order valence-electron chi connectivity index (χ3n) is 2.07. The predicted octanol–water partition coefficient (Wildman–Crippen LogP) is 2.31. The molecule has 3 nitrogen and oxygen atoms in total. The lowest BCUT2D eigenvalue weighted by atomic mass is 10.2. The third-order valence-corrected chi connectivity index (χ3v) is 3.84. The maximum atomic E-state index is 11.6. The molecule has 0 bridgehead atoms. The SMILES string of the molecule is CC(CS(=O)Cc1cccc(Cl)c1)C(=O)O. The molecule has 0 amide bonds. The maximum absolute atomic E-state index is 11.6. The van der Waals surface area contributed by atoms with Gasteiger partial charge in [-0.1, -0.05) is 30.7 Å². The van der Waals surface area contributed by atoms with Gasteiger partial charge in [0.2, 0.25) is 0 Å². The van der Waals surface area contributed by atoms with Crippen LogP contribution in [0.1, 0.15) is 12.5 Å². The van der Waals surface area contributed by atoms with Crippen LogP contribution in [0.3, 0.4) is 0 Å². The van der Waals surface area contributed by atoms with Crippen LogP contribution in [0, 0.1) is 5.92 Å². The van der Waals surface area contributed by atoms with Gasteiger partial charge in [-0.05, 0) is 17.7 Å². The fourth-order valence-electron chi connectivity index (χ4n) is 1.22. The molecule has 0 aliphatic carbocycles. The number of rotatable bonds is 5. The molecule has 1 aromatic carbocycles. The van der Waals surface area contributed by atoms with Crippen molar-refractivity contribution < 1.29 is 14.1 Å². The number of benzene rings is 1. The van der Waals surface area contributed by atoms with Crippen molar-refractivity contribution in [3.63, 3.8) is 0 Å². The van der Waals surface area contributed by atoms with E-state index in [1.165, 1.54) is 0 Å². The molecule has 2 unspecified atom stereocenters. The lowest BCUT2D eigenvalue weighted by Crippen LogP contribution is -2.18. The topological polar surface area (TPSA) is 54.4 Å². The second kappa shape index (κ2) is 6.01. The Kier molecular flexibility index (Phi) is 4.96. The first kappa shape index (κ1) is 13.2. The molecule has 5 heteroatoms. The van der Waals surface area contributed by atoms with E-state index in [-0.39, 0.29) is 5.75 Å². The molecule has 0 saturated heterocycles. The predicted molar refractivity (Wildman–Crippen MR) is 65.0 cm³/mol. The van der Waals surface area contributed by atoms with E-state index in [2.05, 4.69) is 0 Å². The Morgan fingerprint density at radius 2 is 2.25 bits per heavy atom. The Labute approximate surface area is 102 Å². The van der Waals surface area contributed by atoms with Crippen LogP contribution in [0.15, 0.2) is 24.3 Å². The Morgan fingerprint density at radius 1 is 1.56 bits per heavy atom. The Bertz CT molecular complexity index is 406. The molecule has 1 aromatic rings. The minimum absolute atomic E-state index is 0.168. The summed E-state index contributed by atoms with van der Waals surface area (Å²) in [6.07, 6.45) is 0. The van der Waals surface area contributed by atoms with E-state index in [1.807, 2.05) is 6.07 Å². The van der Waals surface area contributed by atoms with Gasteiger partial charge >= 0.3 is 5.97 Å². The molecule has 1 N–H and O–H groups in total. The van der Waals surface area contributed by atoms with Crippen molar-refractivity contribution in [1.82, 2.24) is 0 Å². The molecule has 0 aliphatic rings. The Morgan fingerprint density at radius 3 is 2.81 bits per heavy atom. The van der Waals surface area contributed by atoms with Crippen molar-refractivity contribution in [2.45, 2.75) is 12.7 Å².